The molecule has 0 aliphatic carbocycles. The maximum absolute atomic E-state index is 12.6. The van der Waals surface area contributed by atoms with Crippen LogP contribution in [-0.4, -0.2) is 42.0 Å². The molecule has 2 heterocycles. The van der Waals surface area contributed by atoms with E-state index in [1.54, 1.807) is 11.0 Å². The molecule has 1 atom stereocenters. The van der Waals surface area contributed by atoms with Crippen LogP contribution in [0.4, 0.5) is 0 Å². The van der Waals surface area contributed by atoms with E-state index in [1.165, 1.54) is 6.33 Å². The second-order valence-electron chi connectivity index (χ2n) is 7.43. The first-order chi connectivity index (χ1) is 16.0. The maximum atomic E-state index is 12.6. The molecule has 0 aliphatic rings. The molecule has 4 rings (SSSR count). The number of carbonyl (C=O) groups excluding carboxylic acids is 1. The Morgan fingerprint density at radius 3 is 2.61 bits per heavy atom. The van der Waals surface area contributed by atoms with Gasteiger partial charge in [0, 0.05) is 18.5 Å². The molecule has 2 aromatic carbocycles. The summed E-state index contributed by atoms with van der Waals surface area (Å²) in [5.41, 5.74) is 2.81. The van der Waals surface area contributed by atoms with E-state index in [1.807, 2.05) is 66.9 Å². The molecule has 10 heteroatoms. The normalized spacial score (nSPS) is 11.8. The van der Waals surface area contributed by atoms with Crippen LogP contribution in [0.25, 0.3) is 17.1 Å². The zero-order valence-corrected chi connectivity index (χ0v) is 19.2. The molecule has 33 heavy (non-hydrogen) atoms. The number of aromatic amines is 1. The summed E-state index contributed by atoms with van der Waals surface area (Å²) in [7, 11) is 0. The summed E-state index contributed by atoms with van der Waals surface area (Å²) in [5, 5.41) is 14.3. The van der Waals surface area contributed by atoms with E-state index >= 15 is 0 Å². The lowest BCUT2D eigenvalue weighted by Gasteiger charge is -2.15. The molecule has 2 aromatic heterocycles. The van der Waals surface area contributed by atoms with Gasteiger partial charge in [0.2, 0.25) is 5.91 Å². The maximum Gasteiger partial charge on any atom is 0.222 e. The number of ether oxygens (including phenoxy) is 1. The van der Waals surface area contributed by atoms with Crippen molar-refractivity contribution >= 4 is 18.1 Å². The minimum atomic E-state index is -0.134. The van der Waals surface area contributed by atoms with Gasteiger partial charge in [0.05, 0.1) is 18.3 Å². The van der Waals surface area contributed by atoms with Gasteiger partial charge in [0.15, 0.2) is 10.6 Å². The number of benzene rings is 2. The van der Waals surface area contributed by atoms with Crippen LogP contribution in [0.5, 0.6) is 5.75 Å². The summed E-state index contributed by atoms with van der Waals surface area (Å²) in [6.45, 7) is 4.93. The fourth-order valence-corrected chi connectivity index (χ4v) is 3.70. The Bertz CT molecular complexity index is 1250. The minimum Gasteiger partial charge on any atom is -0.494 e. The first-order valence-electron chi connectivity index (χ1n) is 10.7. The van der Waals surface area contributed by atoms with Crippen LogP contribution in [0.3, 0.4) is 0 Å². The van der Waals surface area contributed by atoms with Gasteiger partial charge in [0.25, 0.3) is 0 Å². The number of nitrogens with zero attached hydrogens (tertiary/aromatic N) is 5. The molecule has 170 valence electrons. The second kappa shape index (κ2) is 10.2. The fourth-order valence-electron chi connectivity index (χ4n) is 3.48. The van der Waals surface area contributed by atoms with Crippen molar-refractivity contribution in [2.24, 2.45) is 0 Å². The topological polar surface area (TPSA) is 103 Å². The smallest absolute Gasteiger partial charge is 0.222 e. The lowest BCUT2D eigenvalue weighted by atomic mass is 10.1. The minimum absolute atomic E-state index is 0.0661. The highest BCUT2D eigenvalue weighted by Gasteiger charge is 2.13. The lowest BCUT2D eigenvalue weighted by molar-refractivity contribution is -0.121. The van der Waals surface area contributed by atoms with Crippen LogP contribution in [-0.2, 0) is 11.3 Å². The molecule has 0 saturated heterocycles. The first kappa shape index (κ1) is 22.4. The highest BCUT2D eigenvalue weighted by atomic mass is 32.1. The van der Waals surface area contributed by atoms with Crippen LogP contribution >= 0.6 is 12.2 Å². The Morgan fingerprint density at radius 2 is 1.94 bits per heavy atom. The summed E-state index contributed by atoms with van der Waals surface area (Å²) in [4.78, 5) is 16.6. The van der Waals surface area contributed by atoms with E-state index in [2.05, 4.69) is 25.6 Å². The Morgan fingerprint density at radius 1 is 1.18 bits per heavy atom. The Labute approximate surface area is 196 Å². The third kappa shape index (κ3) is 5.35. The molecule has 0 spiro atoms. The highest BCUT2D eigenvalue weighted by Crippen LogP contribution is 2.21. The molecule has 2 N–H and O–H groups in total. The number of carbonyl (C=O) groups is 1. The van der Waals surface area contributed by atoms with Crippen molar-refractivity contribution in [2.75, 3.05) is 6.61 Å². The number of rotatable bonds is 9. The van der Waals surface area contributed by atoms with Gasteiger partial charge in [-0.05, 0) is 68.0 Å². The predicted molar refractivity (Wildman–Crippen MR) is 127 cm³/mol. The van der Waals surface area contributed by atoms with Gasteiger partial charge in [-0.2, -0.15) is 10.2 Å². The predicted octanol–water partition coefficient (Wildman–Crippen LogP) is 3.85. The van der Waals surface area contributed by atoms with Gasteiger partial charge < -0.3 is 10.1 Å². The SMILES string of the molecule is CCOc1ccc(-c2n[nH]c(=S)n2CCC(=O)NC(C)c2ccc(-n3cncn3)cc2)cc1. The molecule has 1 unspecified atom stereocenters. The summed E-state index contributed by atoms with van der Waals surface area (Å²) < 4.78 is 9.49. The van der Waals surface area contributed by atoms with E-state index in [-0.39, 0.29) is 18.4 Å². The third-order valence-electron chi connectivity index (χ3n) is 5.20. The molecule has 0 saturated carbocycles. The van der Waals surface area contributed by atoms with Crippen molar-refractivity contribution < 1.29 is 9.53 Å². The summed E-state index contributed by atoms with van der Waals surface area (Å²) in [6.07, 6.45) is 3.41. The molecular weight excluding hydrogens is 438 g/mol. The first-order valence-corrected chi connectivity index (χ1v) is 11.1. The average molecular weight is 464 g/mol. The summed E-state index contributed by atoms with van der Waals surface area (Å²) in [5.74, 6) is 1.42. The third-order valence-corrected chi connectivity index (χ3v) is 5.51. The summed E-state index contributed by atoms with van der Waals surface area (Å²) in [6, 6.07) is 15.3. The number of amides is 1. The zero-order chi connectivity index (χ0) is 23.2. The number of nitrogens with one attached hydrogen (secondary N) is 2. The van der Waals surface area contributed by atoms with Crippen molar-refractivity contribution in [2.45, 2.75) is 32.9 Å². The van der Waals surface area contributed by atoms with Gasteiger partial charge in [-0.25, -0.2) is 9.67 Å². The average Bonchev–Trinajstić information content (AvgIpc) is 3.49. The zero-order valence-electron chi connectivity index (χ0n) is 18.4. The molecule has 0 fully saturated rings. The van der Waals surface area contributed by atoms with Crippen molar-refractivity contribution in [1.29, 1.82) is 0 Å². The number of aromatic nitrogens is 6. The standard InChI is InChI=1S/C23H25N7O2S/c1-3-32-20-10-6-18(7-11-20)22-27-28-23(33)29(22)13-12-21(31)26-16(2)17-4-8-19(9-5-17)30-15-24-14-25-30/h4-11,14-16H,3,12-13H2,1-2H3,(H,26,31)(H,28,33). The van der Waals surface area contributed by atoms with Crippen molar-refractivity contribution in [3.63, 3.8) is 0 Å². The second-order valence-corrected chi connectivity index (χ2v) is 7.82. The monoisotopic (exact) mass is 463 g/mol. The molecule has 0 radical (unpaired) electrons. The molecule has 9 nitrogen and oxygen atoms in total. The van der Waals surface area contributed by atoms with E-state index in [9.17, 15) is 4.79 Å². The van der Waals surface area contributed by atoms with E-state index in [0.29, 0.717) is 23.7 Å². The van der Waals surface area contributed by atoms with E-state index < -0.39 is 0 Å². The number of hydrogen-bond donors (Lipinski definition) is 2. The van der Waals surface area contributed by atoms with E-state index in [4.69, 9.17) is 17.0 Å². The Balaban J connectivity index is 1.37. The van der Waals surface area contributed by atoms with Gasteiger partial charge >= 0.3 is 0 Å². The van der Waals surface area contributed by atoms with Gasteiger partial charge in [-0.3, -0.25) is 14.5 Å². The van der Waals surface area contributed by atoms with Crippen LogP contribution < -0.4 is 10.1 Å². The van der Waals surface area contributed by atoms with Crippen molar-refractivity contribution in [1.82, 2.24) is 34.8 Å². The fraction of sp³-hybridized carbons (Fsp3) is 0.261. The van der Waals surface area contributed by atoms with Crippen LogP contribution in [0.1, 0.15) is 31.9 Å². The van der Waals surface area contributed by atoms with Gasteiger partial charge in [0.1, 0.15) is 18.4 Å². The Kier molecular flexibility index (Phi) is 6.94. The quantitative estimate of drug-likeness (QED) is 0.366. The molecular formula is C23H25N7O2S. The van der Waals surface area contributed by atoms with Crippen LogP contribution in [0, 0.1) is 4.77 Å². The van der Waals surface area contributed by atoms with Crippen LogP contribution in [0.2, 0.25) is 0 Å². The Hall–Kier alpha value is -3.79. The number of hydrogen-bond acceptors (Lipinski definition) is 6. The summed E-state index contributed by atoms with van der Waals surface area (Å²) >= 11 is 5.38. The molecule has 1 amide bonds. The molecule has 0 bridgehead atoms. The lowest BCUT2D eigenvalue weighted by Crippen LogP contribution is -2.27. The molecule has 0 aliphatic heterocycles. The highest BCUT2D eigenvalue weighted by molar-refractivity contribution is 7.71. The van der Waals surface area contributed by atoms with Gasteiger partial charge in [-0.15, -0.1) is 0 Å². The van der Waals surface area contributed by atoms with Crippen molar-refractivity contribution in [3.8, 4) is 22.8 Å². The number of H-pyrrole nitrogens is 1. The van der Waals surface area contributed by atoms with Crippen LogP contribution in [0.15, 0.2) is 61.2 Å². The largest absolute Gasteiger partial charge is 0.494 e. The molecule has 4 aromatic rings. The van der Waals surface area contributed by atoms with Gasteiger partial charge in [-0.1, -0.05) is 12.1 Å². The van der Waals surface area contributed by atoms with Crippen molar-refractivity contribution in [3.05, 3.63) is 71.5 Å². The van der Waals surface area contributed by atoms with E-state index in [0.717, 1.165) is 22.6 Å².